The molecule has 1 saturated heterocycles. The Bertz CT molecular complexity index is 507. The van der Waals surface area contributed by atoms with Crippen molar-refractivity contribution in [3.63, 3.8) is 0 Å². The van der Waals surface area contributed by atoms with Crippen LogP contribution in [0.5, 0.6) is 11.5 Å². The van der Waals surface area contributed by atoms with Gasteiger partial charge in [0.15, 0.2) is 11.5 Å². The highest BCUT2D eigenvalue weighted by molar-refractivity contribution is 5.44. The van der Waals surface area contributed by atoms with Crippen LogP contribution in [0.2, 0.25) is 0 Å². The molecule has 1 heterocycles. The van der Waals surface area contributed by atoms with Crippen LogP contribution in [0, 0.1) is 0 Å². The quantitative estimate of drug-likeness (QED) is 0.870. The predicted octanol–water partition coefficient (Wildman–Crippen LogP) is 2.12. The highest BCUT2D eigenvalue weighted by atomic mass is 16.5. The van der Waals surface area contributed by atoms with E-state index in [-0.39, 0.29) is 12.1 Å². The molecule has 2 unspecified atom stereocenters. The number of benzene rings is 1. The third-order valence-corrected chi connectivity index (χ3v) is 4.59. The second kappa shape index (κ2) is 7.99. The van der Waals surface area contributed by atoms with Gasteiger partial charge in [-0.3, -0.25) is 4.90 Å². The maximum atomic E-state index is 6.11. The minimum absolute atomic E-state index is 0.110. The Morgan fingerprint density at radius 2 is 2.00 bits per heavy atom. The van der Waals surface area contributed by atoms with Gasteiger partial charge in [-0.2, -0.15) is 0 Å². The number of ether oxygens (including phenoxy) is 2. The zero-order valence-corrected chi connectivity index (χ0v) is 15.1. The summed E-state index contributed by atoms with van der Waals surface area (Å²) in [7, 11) is 3.85. The average molecular weight is 321 g/mol. The van der Waals surface area contributed by atoms with E-state index < -0.39 is 0 Å². The van der Waals surface area contributed by atoms with Crippen LogP contribution >= 0.6 is 0 Å². The fraction of sp³-hybridized carbons (Fsp3) is 0.667. The number of nitrogens with two attached hydrogens (primary N) is 1. The molecule has 130 valence electrons. The largest absolute Gasteiger partial charge is 0.493 e. The van der Waals surface area contributed by atoms with Crippen molar-refractivity contribution in [3.05, 3.63) is 23.8 Å². The lowest BCUT2D eigenvalue weighted by molar-refractivity contribution is 0.0739. The van der Waals surface area contributed by atoms with E-state index in [1.54, 1.807) is 7.11 Å². The van der Waals surface area contributed by atoms with Crippen LogP contribution in [0.15, 0.2) is 18.2 Å². The van der Waals surface area contributed by atoms with Gasteiger partial charge >= 0.3 is 0 Å². The van der Waals surface area contributed by atoms with E-state index in [9.17, 15) is 0 Å². The predicted molar refractivity (Wildman–Crippen MR) is 94.2 cm³/mol. The van der Waals surface area contributed by atoms with Crippen LogP contribution in [-0.2, 0) is 0 Å². The van der Waals surface area contributed by atoms with Gasteiger partial charge in [-0.1, -0.05) is 6.07 Å². The van der Waals surface area contributed by atoms with Gasteiger partial charge in [0.05, 0.1) is 13.2 Å². The number of hydrogen-bond donors (Lipinski definition) is 1. The number of piperazine rings is 1. The summed E-state index contributed by atoms with van der Waals surface area (Å²) in [4.78, 5) is 4.87. The van der Waals surface area contributed by atoms with Gasteiger partial charge in [-0.15, -0.1) is 0 Å². The molecule has 5 heteroatoms. The van der Waals surface area contributed by atoms with Gasteiger partial charge in [0.2, 0.25) is 0 Å². The molecular formula is C18H31N3O2. The van der Waals surface area contributed by atoms with E-state index >= 15 is 0 Å². The first-order valence-electron chi connectivity index (χ1n) is 8.45. The van der Waals surface area contributed by atoms with E-state index in [4.69, 9.17) is 15.2 Å². The van der Waals surface area contributed by atoms with Crippen LogP contribution in [0.1, 0.15) is 32.4 Å². The van der Waals surface area contributed by atoms with Crippen molar-refractivity contribution in [1.29, 1.82) is 0 Å². The van der Waals surface area contributed by atoms with E-state index in [1.165, 1.54) is 5.56 Å². The van der Waals surface area contributed by atoms with Gasteiger partial charge in [-0.25, -0.2) is 0 Å². The first-order valence-corrected chi connectivity index (χ1v) is 8.45. The molecule has 2 atom stereocenters. The molecule has 1 fully saturated rings. The van der Waals surface area contributed by atoms with Crippen molar-refractivity contribution in [1.82, 2.24) is 9.80 Å². The summed E-state index contributed by atoms with van der Waals surface area (Å²) in [5, 5.41) is 0. The SMILES string of the molecule is COc1ccc(C(CN)N2CCN(C)C(C)C2)cc1OC(C)C. The Morgan fingerprint density at radius 1 is 1.26 bits per heavy atom. The number of hydrogen-bond acceptors (Lipinski definition) is 5. The number of methoxy groups -OCH3 is 1. The smallest absolute Gasteiger partial charge is 0.161 e. The molecule has 0 radical (unpaired) electrons. The lowest BCUT2D eigenvalue weighted by Crippen LogP contribution is -2.52. The maximum Gasteiger partial charge on any atom is 0.161 e. The Labute approximate surface area is 140 Å². The van der Waals surface area contributed by atoms with Gasteiger partial charge in [0.25, 0.3) is 0 Å². The van der Waals surface area contributed by atoms with Gasteiger partial charge < -0.3 is 20.1 Å². The van der Waals surface area contributed by atoms with E-state index in [1.807, 2.05) is 19.9 Å². The molecule has 1 aliphatic heterocycles. The molecule has 0 amide bonds. The van der Waals surface area contributed by atoms with Crippen molar-refractivity contribution in [3.8, 4) is 11.5 Å². The van der Waals surface area contributed by atoms with Crippen LogP contribution in [0.3, 0.4) is 0 Å². The fourth-order valence-electron chi connectivity index (χ4n) is 3.10. The monoisotopic (exact) mass is 321 g/mol. The van der Waals surface area contributed by atoms with Gasteiger partial charge in [-0.05, 0) is 45.5 Å². The molecule has 2 rings (SSSR count). The molecule has 0 aliphatic carbocycles. The zero-order chi connectivity index (χ0) is 17.0. The van der Waals surface area contributed by atoms with Crippen molar-refractivity contribution >= 4 is 0 Å². The summed E-state index contributed by atoms with van der Waals surface area (Å²) in [6, 6.07) is 6.93. The Kier molecular flexibility index (Phi) is 6.27. The first kappa shape index (κ1) is 18.0. The lowest BCUT2D eigenvalue weighted by Gasteiger charge is -2.41. The molecule has 0 bridgehead atoms. The standard InChI is InChI=1S/C18H31N3O2/c1-13(2)23-18-10-15(6-7-17(18)22-5)16(11-19)21-9-8-20(4)14(3)12-21/h6-7,10,13-14,16H,8-9,11-12,19H2,1-5H3. The molecule has 1 aliphatic rings. The highest BCUT2D eigenvalue weighted by Crippen LogP contribution is 2.33. The topological polar surface area (TPSA) is 51.0 Å². The van der Waals surface area contributed by atoms with Crippen molar-refractivity contribution in [2.75, 3.05) is 40.3 Å². The Balaban J connectivity index is 2.23. The minimum Gasteiger partial charge on any atom is -0.493 e. The molecule has 0 spiro atoms. The van der Waals surface area contributed by atoms with Crippen molar-refractivity contribution in [2.24, 2.45) is 5.73 Å². The van der Waals surface area contributed by atoms with Crippen molar-refractivity contribution < 1.29 is 9.47 Å². The zero-order valence-electron chi connectivity index (χ0n) is 15.1. The normalized spacial score (nSPS) is 21.4. The average Bonchev–Trinajstić information content (AvgIpc) is 2.51. The maximum absolute atomic E-state index is 6.11. The number of rotatable bonds is 6. The summed E-state index contributed by atoms with van der Waals surface area (Å²) >= 11 is 0. The molecular weight excluding hydrogens is 290 g/mol. The van der Waals surface area contributed by atoms with Gasteiger partial charge in [0.1, 0.15) is 0 Å². The molecule has 0 saturated carbocycles. The van der Waals surface area contributed by atoms with Gasteiger partial charge in [0, 0.05) is 38.3 Å². The van der Waals surface area contributed by atoms with E-state index in [2.05, 4.69) is 35.9 Å². The number of likely N-dealkylation sites (N-methyl/N-ethyl adjacent to an activating group) is 1. The third-order valence-electron chi connectivity index (χ3n) is 4.59. The highest BCUT2D eigenvalue weighted by Gasteiger charge is 2.27. The minimum atomic E-state index is 0.110. The Morgan fingerprint density at radius 3 is 2.57 bits per heavy atom. The second-order valence-electron chi connectivity index (χ2n) is 6.65. The summed E-state index contributed by atoms with van der Waals surface area (Å²) in [6.07, 6.45) is 0.110. The molecule has 0 aromatic heterocycles. The summed E-state index contributed by atoms with van der Waals surface area (Å²) < 4.78 is 11.3. The molecule has 1 aromatic rings. The molecule has 5 nitrogen and oxygen atoms in total. The Hall–Kier alpha value is -1.30. The second-order valence-corrected chi connectivity index (χ2v) is 6.65. The summed E-state index contributed by atoms with van der Waals surface area (Å²) in [5.74, 6) is 1.56. The van der Waals surface area contributed by atoms with Crippen LogP contribution in [0.4, 0.5) is 0 Å². The third kappa shape index (κ3) is 4.37. The summed E-state index contributed by atoms with van der Waals surface area (Å²) in [5.41, 5.74) is 7.31. The molecule has 1 aromatic carbocycles. The first-order chi connectivity index (χ1) is 11.0. The van der Waals surface area contributed by atoms with E-state index in [0.717, 1.165) is 31.1 Å². The van der Waals surface area contributed by atoms with E-state index in [0.29, 0.717) is 12.6 Å². The molecule has 2 N–H and O–H groups in total. The lowest BCUT2D eigenvalue weighted by atomic mass is 10.0. The molecule has 23 heavy (non-hydrogen) atoms. The number of nitrogens with zero attached hydrogens (tertiary/aromatic N) is 2. The summed E-state index contributed by atoms with van der Waals surface area (Å²) in [6.45, 7) is 10.1. The van der Waals surface area contributed by atoms with Crippen LogP contribution in [0.25, 0.3) is 0 Å². The fourth-order valence-corrected chi connectivity index (χ4v) is 3.10. The van der Waals surface area contributed by atoms with Crippen LogP contribution < -0.4 is 15.2 Å². The van der Waals surface area contributed by atoms with Crippen molar-refractivity contribution in [2.45, 2.75) is 39.0 Å². The van der Waals surface area contributed by atoms with Crippen LogP contribution in [-0.4, -0.2) is 62.3 Å².